The number of halogens is 1. The van der Waals surface area contributed by atoms with Gasteiger partial charge in [-0.1, -0.05) is 12.1 Å². The van der Waals surface area contributed by atoms with Crippen molar-refractivity contribution in [2.24, 2.45) is 0 Å². The molecule has 5 nitrogen and oxygen atoms in total. The first-order valence-electron chi connectivity index (χ1n) is 4.97. The molecule has 0 aliphatic carbocycles. The summed E-state index contributed by atoms with van der Waals surface area (Å²) >= 11 is 0. The lowest BCUT2D eigenvalue weighted by Gasteiger charge is -2.04. The molecule has 0 fully saturated rings. The van der Waals surface area contributed by atoms with Crippen molar-refractivity contribution < 1.29 is 4.39 Å². The molecule has 17 heavy (non-hydrogen) atoms. The van der Waals surface area contributed by atoms with E-state index in [0.717, 1.165) is 0 Å². The molecule has 3 aromatic rings. The molecule has 6 heteroatoms. The minimum Gasteiger partial charge on any atom is -0.366 e. The van der Waals surface area contributed by atoms with Gasteiger partial charge in [0.15, 0.2) is 5.65 Å². The summed E-state index contributed by atoms with van der Waals surface area (Å²) in [6.45, 7) is 0. The highest BCUT2D eigenvalue weighted by Crippen LogP contribution is 2.22. The van der Waals surface area contributed by atoms with Crippen LogP contribution in [0.15, 0.2) is 36.7 Å². The Bertz CT molecular complexity index is 691. The number of anilines is 1. The van der Waals surface area contributed by atoms with Gasteiger partial charge < -0.3 is 5.73 Å². The van der Waals surface area contributed by atoms with Gasteiger partial charge in [-0.05, 0) is 12.1 Å². The van der Waals surface area contributed by atoms with Gasteiger partial charge in [-0.25, -0.2) is 8.91 Å². The molecule has 84 valence electrons. The topological polar surface area (TPSA) is 69.1 Å². The first-order chi connectivity index (χ1) is 8.25. The average molecular weight is 229 g/mol. The fourth-order valence-electron chi connectivity index (χ4n) is 1.68. The van der Waals surface area contributed by atoms with Crippen molar-refractivity contribution in [1.29, 1.82) is 0 Å². The second kappa shape index (κ2) is 3.51. The number of benzene rings is 1. The van der Waals surface area contributed by atoms with Gasteiger partial charge in [0, 0.05) is 5.56 Å². The Morgan fingerprint density at radius 1 is 1.18 bits per heavy atom. The molecule has 0 aliphatic heterocycles. The van der Waals surface area contributed by atoms with Crippen molar-refractivity contribution >= 4 is 11.6 Å². The van der Waals surface area contributed by atoms with Crippen LogP contribution >= 0.6 is 0 Å². The lowest BCUT2D eigenvalue weighted by molar-refractivity contribution is 0.630. The molecule has 0 saturated carbocycles. The van der Waals surface area contributed by atoms with Crippen LogP contribution in [0.25, 0.3) is 16.9 Å². The van der Waals surface area contributed by atoms with E-state index in [0.29, 0.717) is 16.9 Å². The lowest BCUT2D eigenvalue weighted by atomic mass is 10.1. The molecular formula is C11H8FN5. The van der Waals surface area contributed by atoms with E-state index < -0.39 is 0 Å². The van der Waals surface area contributed by atoms with E-state index in [1.165, 1.54) is 23.0 Å². The standard InChI is InChI=1S/C11H8FN5/c12-8-4-2-1-3-7(8)9-5-14-6-10-15-11(13)16-17(9)10/h1-6H,(H2,13,16). The molecule has 2 heterocycles. The van der Waals surface area contributed by atoms with Gasteiger partial charge in [-0.15, -0.1) is 5.10 Å². The summed E-state index contributed by atoms with van der Waals surface area (Å²) in [5.41, 5.74) is 6.93. The van der Waals surface area contributed by atoms with Crippen molar-refractivity contribution in [1.82, 2.24) is 19.6 Å². The Kier molecular flexibility index (Phi) is 2.01. The first kappa shape index (κ1) is 9.71. The highest BCUT2D eigenvalue weighted by atomic mass is 19.1. The predicted molar refractivity (Wildman–Crippen MR) is 60.6 cm³/mol. The third kappa shape index (κ3) is 1.50. The van der Waals surface area contributed by atoms with Crippen LogP contribution in [0.1, 0.15) is 0 Å². The molecule has 0 amide bonds. The molecule has 1 aromatic carbocycles. The van der Waals surface area contributed by atoms with Gasteiger partial charge in [0.25, 0.3) is 0 Å². The number of nitrogen functional groups attached to an aromatic ring is 1. The van der Waals surface area contributed by atoms with Crippen molar-refractivity contribution in [3.8, 4) is 11.3 Å². The van der Waals surface area contributed by atoms with Crippen LogP contribution in [-0.2, 0) is 0 Å². The smallest absolute Gasteiger partial charge is 0.240 e. The molecule has 0 radical (unpaired) electrons. The number of rotatable bonds is 1. The fraction of sp³-hybridized carbons (Fsp3) is 0. The second-order valence-electron chi connectivity index (χ2n) is 3.51. The molecule has 3 rings (SSSR count). The van der Waals surface area contributed by atoms with Gasteiger partial charge >= 0.3 is 0 Å². The molecule has 0 unspecified atom stereocenters. The van der Waals surface area contributed by atoms with E-state index in [4.69, 9.17) is 5.73 Å². The van der Waals surface area contributed by atoms with Crippen LogP contribution in [0.2, 0.25) is 0 Å². The fourth-order valence-corrected chi connectivity index (χ4v) is 1.68. The summed E-state index contributed by atoms with van der Waals surface area (Å²) in [4.78, 5) is 7.97. The molecule has 2 N–H and O–H groups in total. The van der Waals surface area contributed by atoms with Crippen LogP contribution < -0.4 is 5.73 Å². The zero-order chi connectivity index (χ0) is 11.8. The Morgan fingerprint density at radius 3 is 2.82 bits per heavy atom. The number of fused-ring (bicyclic) bond motifs is 1. The number of hydrogen-bond acceptors (Lipinski definition) is 4. The maximum absolute atomic E-state index is 13.7. The summed E-state index contributed by atoms with van der Waals surface area (Å²) in [7, 11) is 0. The van der Waals surface area contributed by atoms with Crippen molar-refractivity contribution in [3.05, 3.63) is 42.5 Å². The number of hydrogen-bond donors (Lipinski definition) is 1. The number of nitrogens with two attached hydrogens (primary N) is 1. The Balaban J connectivity index is 2.34. The quantitative estimate of drug-likeness (QED) is 0.686. The average Bonchev–Trinajstić information content (AvgIpc) is 2.70. The zero-order valence-electron chi connectivity index (χ0n) is 8.71. The highest BCUT2D eigenvalue weighted by Gasteiger charge is 2.10. The normalized spacial score (nSPS) is 10.9. The van der Waals surface area contributed by atoms with Crippen molar-refractivity contribution in [2.45, 2.75) is 0 Å². The van der Waals surface area contributed by atoms with E-state index in [1.54, 1.807) is 18.2 Å². The largest absolute Gasteiger partial charge is 0.366 e. The van der Waals surface area contributed by atoms with Crippen LogP contribution in [0.3, 0.4) is 0 Å². The lowest BCUT2D eigenvalue weighted by Crippen LogP contribution is -1.97. The van der Waals surface area contributed by atoms with Crippen LogP contribution in [0, 0.1) is 5.82 Å². The number of nitrogens with zero attached hydrogens (tertiary/aromatic N) is 4. The Hall–Kier alpha value is -2.50. The summed E-state index contributed by atoms with van der Waals surface area (Å²) in [6, 6.07) is 6.41. The first-order valence-corrected chi connectivity index (χ1v) is 4.97. The molecule has 0 aliphatic rings. The van der Waals surface area contributed by atoms with Crippen molar-refractivity contribution in [2.75, 3.05) is 5.73 Å². The third-order valence-corrected chi connectivity index (χ3v) is 2.41. The zero-order valence-corrected chi connectivity index (χ0v) is 8.71. The van der Waals surface area contributed by atoms with Crippen LogP contribution in [-0.4, -0.2) is 19.6 Å². The maximum atomic E-state index is 13.7. The van der Waals surface area contributed by atoms with Crippen LogP contribution in [0.4, 0.5) is 10.3 Å². The second-order valence-corrected chi connectivity index (χ2v) is 3.51. The molecule has 0 atom stereocenters. The van der Waals surface area contributed by atoms with Crippen LogP contribution in [0.5, 0.6) is 0 Å². The summed E-state index contributed by atoms with van der Waals surface area (Å²) in [6.07, 6.45) is 3.05. The molecule has 2 aromatic heterocycles. The van der Waals surface area contributed by atoms with Crippen molar-refractivity contribution in [3.63, 3.8) is 0 Å². The molecular weight excluding hydrogens is 221 g/mol. The van der Waals surface area contributed by atoms with Gasteiger partial charge in [-0.2, -0.15) is 4.98 Å². The maximum Gasteiger partial charge on any atom is 0.240 e. The van der Waals surface area contributed by atoms with Gasteiger partial charge in [-0.3, -0.25) is 4.98 Å². The number of aromatic nitrogens is 4. The van der Waals surface area contributed by atoms with Gasteiger partial charge in [0.05, 0.1) is 18.1 Å². The predicted octanol–water partition coefficient (Wildman–Crippen LogP) is 1.51. The van der Waals surface area contributed by atoms with E-state index in [1.807, 2.05) is 0 Å². The SMILES string of the molecule is Nc1nc2cncc(-c3ccccc3F)n2n1. The van der Waals surface area contributed by atoms with Gasteiger partial charge in [0.2, 0.25) is 5.95 Å². The highest BCUT2D eigenvalue weighted by molar-refractivity contribution is 5.62. The van der Waals surface area contributed by atoms with E-state index in [-0.39, 0.29) is 11.8 Å². The summed E-state index contributed by atoms with van der Waals surface area (Å²) in [5.74, 6) is -0.202. The third-order valence-electron chi connectivity index (χ3n) is 2.41. The van der Waals surface area contributed by atoms with E-state index in [2.05, 4.69) is 15.1 Å². The Labute approximate surface area is 95.7 Å². The molecule has 0 spiro atoms. The summed E-state index contributed by atoms with van der Waals surface area (Å²) in [5, 5.41) is 4.01. The molecule has 0 bridgehead atoms. The van der Waals surface area contributed by atoms with Gasteiger partial charge in [0.1, 0.15) is 5.82 Å². The van der Waals surface area contributed by atoms with E-state index >= 15 is 0 Å². The minimum atomic E-state index is -0.337. The Morgan fingerprint density at radius 2 is 2.00 bits per heavy atom. The van der Waals surface area contributed by atoms with E-state index in [9.17, 15) is 4.39 Å². The monoisotopic (exact) mass is 229 g/mol. The minimum absolute atomic E-state index is 0.135. The molecule has 0 saturated heterocycles. The summed E-state index contributed by atoms with van der Waals surface area (Å²) < 4.78 is 15.2.